The highest BCUT2D eigenvalue weighted by molar-refractivity contribution is 6.70. The molecule has 0 amide bonds. The van der Waals surface area contributed by atoms with E-state index >= 15 is 0 Å². The monoisotopic (exact) mass is 432 g/mol. The second-order valence-corrected chi connectivity index (χ2v) is 15.9. The van der Waals surface area contributed by atoms with E-state index in [1.807, 2.05) is 13.0 Å². The van der Waals surface area contributed by atoms with E-state index in [0.29, 0.717) is 13.0 Å². The minimum Gasteiger partial charge on any atom is -0.544 e. The first kappa shape index (κ1) is 24.5. The number of ether oxygens (including phenoxy) is 2. The lowest BCUT2D eigenvalue weighted by atomic mass is 9.76. The minimum atomic E-state index is -1.84. The number of carbonyl (C=O) groups is 1. The van der Waals surface area contributed by atoms with Crippen LogP contribution in [0.1, 0.15) is 72.1 Å². The second kappa shape index (κ2) is 8.06. The van der Waals surface area contributed by atoms with Gasteiger partial charge in [-0.15, -0.1) is 0 Å². The molecular weight excluding hydrogens is 392 g/mol. The van der Waals surface area contributed by atoms with Gasteiger partial charge in [0.2, 0.25) is 8.32 Å². The van der Waals surface area contributed by atoms with Gasteiger partial charge in [0.25, 0.3) is 0 Å². The Balaban J connectivity index is 2.68. The van der Waals surface area contributed by atoms with E-state index in [1.54, 1.807) is 6.92 Å². The molecule has 168 valence electrons. The van der Waals surface area contributed by atoms with Gasteiger partial charge in [0.15, 0.2) is 0 Å². The highest BCUT2D eigenvalue weighted by atomic mass is 28.4. The van der Waals surface area contributed by atoms with Crippen LogP contribution in [0.4, 0.5) is 0 Å². The van der Waals surface area contributed by atoms with Crippen molar-refractivity contribution in [2.45, 2.75) is 97.9 Å². The predicted octanol–water partition coefficient (Wildman–Crippen LogP) is 6.31. The third-order valence-electron chi connectivity index (χ3n) is 5.04. The summed E-state index contributed by atoms with van der Waals surface area (Å²) in [5.74, 6) is 1.58. The van der Waals surface area contributed by atoms with Crippen LogP contribution >= 0.6 is 0 Å². The number of hydrogen-bond acceptors (Lipinski definition) is 4. The van der Waals surface area contributed by atoms with Crippen molar-refractivity contribution < 1.29 is 18.7 Å². The smallest absolute Gasteiger partial charge is 0.330 e. The number of hydrogen-bond donors (Lipinski definition) is 0. The van der Waals surface area contributed by atoms with Crippen molar-refractivity contribution in [3.8, 4) is 11.5 Å². The van der Waals surface area contributed by atoms with Gasteiger partial charge in [-0.1, -0.05) is 41.5 Å². The largest absolute Gasteiger partial charge is 0.544 e. The van der Waals surface area contributed by atoms with E-state index in [9.17, 15) is 4.79 Å². The third kappa shape index (κ3) is 5.69. The molecule has 30 heavy (non-hydrogen) atoms. The van der Waals surface area contributed by atoms with Crippen LogP contribution in [0.3, 0.4) is 0 Å². The maximum Gasteiger partial charge on any atom is 0.330 e. The quantitative estimate of drug-likeness (QED) is 0.311. The van der Waals surface area contributed by atoms with Crippen LogP contribution in [-0.2, 0) is 26.8 Å². The van der Waals surface area contributed by atoms with Crippen LogP contribution in [0.15, 0.2) is 18.2 Å². The molecule has 1 atom stereocenters. The summed E-state index contributed by atoms with van der Waals surface area (Å²) in [5, 5.41) is 0. The molecule has 0 aromatic heterocycles. The van der Waals surface area contributed by atoms with Crippen LogP contribution in [0, 0.1) is 0 Å². The molecule has 1 aromatic rings. The number of rotatable bonds is 5. The van der Waals surface area contributed by atoms with Crippen molar-refractivity contribution in [1.82, 2.24) is 0 Å². The van der Waals surface area contributed by atoms with Gasteiger partial charge in [-0.05, 0) is 56.5 Å². The number of fused-ring (bicyclic) bond motifs is 1. The number of carbonyl (C=O) groups excluding carboxylic acids is 1. The molecule has 0 bridgehead atoms. The van der Waals surface area contributed by atoms with Crippen LogP contribution < -0.4 is 9.16 Å². The molecule has 1 aliphatic rings. The lowest BCUT2D eigenvalue weighted by molar-refractivity contribution is -0.137. The molecule has 0 fully saturated rings. The summed E-state index contributed by atoms with van der Waals surface area (Å²) in [4.78, 5) is 11.9. The normalized spacial score (nSPS) is 19.6. The second-order valence-electron chi connectivity index (χ2n) is 11.5. The Morgan fingerprint density at radius 1 is 1.17 bits per heavy atom. The minimum absolute atomic E-state index is 0.0901. The van der Waals surface area contributed by atoms with Gasteiger partial charge in [-0.3, -0.25) is 0 Å². The van der Waals surface area contributed by atoms with Crippen molar-refractivity contribution in [2.24, 2.45) is 0 Å². The highest BCUT2D eigenvalue weighted by Crippen LogP contribution is 2.50. The molecule has 0 saturated carbocycles. The summed E-state index contributed by atoms with van der Waals surface area (Å²) >= 11 is 0. The van der Waals surface area contributed by atoms with Gasteiger partial charge < -0.3 is 13.9 Å². The first-order valence-corrected chi connectivity index (χ1v) is 14.3. The summed E-state index contributed by atoms with van der Waals surface area (Å²) in [6, 6.07) is 2.16. The van der Waals surface area contributed by atoms with Crippen molar-refractivity contribution in [3.63, 3.8) is 0 Å². The summed E-state index contributed by atoms with van der Waals surface area (Å²) in [6.45, 7) is 24.2. The summed E-state index contributed by atoms with van der Waals surface area (Å²) in [6.07, 6.45) is 4.00. The van der Waals surface area contributed by atoms with Crippen LogP contribution in [0.2, 0.25) is 19.6 Å². The molecule has 4 nitrogen and oxygen atoms in total. The van der Waals surface area contributed by atoms with Crippen molar-refractivity contribution in [2.75, 3.05) is 6.61 Å². The fourth-order valence-corrected chi connectivity index (χ4v) is 4.70. The van der Waals surface area contributed by atoms with Gasteiger partial charge in [0, 0.05) is 29.2 Å². The highest BCUT2D eigenvalue weighted by Gasteiger charge is 2.41. The van der Waals surface area contributed by atoms with E-state index < -0.39 is 13.9 Å². The number of esters is 1. The molecule has 0 radical (unpaired) electrons. The van der Waals surface area contributed by atoms with Gasteiger partial charge >= 0.3 is 5.97 Å². The standard InChI is InChI=1S/C25H40O4Si/c1-12-27-20(26)13-14-25(8)16-17-19(28-25)15-18(23(2,3)4)22(29-30(9,10)11)21(17)24(5,6)7/h13-15H,12,16H2,1-11H3/b14-13+. The van der Waals surface area contributed by atoms with E-state index in [-0.39, 0.29) is 16.8 Å². The van der Waals surface area contributed by atoms with Crippen LogP contribution in [-0.4, -0.2) is 26.5 Å². The predicted molar refractivity (Wildman–Crippen MR) is 126 cm³/mol. The lowest BCUT2D eigenvalue weighted by Crippen LogP contribution is -2.33. The Morgan fingerprint density at radius 3 is 2.23 bits per heavy atom. The van der Waals surface area contributed by atoms with Gasteiger partial charge in [-0.2, -0.15) is 0 Å². The van der Waals surface area contributed by atoms with E-state index in [4.69, 9.17) is 13.9 Å². The first-order valence-electron chi connectivity index (χ1n) is 10.9. The maximum atomic E-state index is 11.9. The molecule has 5 heteroatoms. The fourth-order valence-electron chi connectivity index (χ4n) is 3.87. The maximum absolute atomic E-state index is 11.9. The molecule has 0 spiro atoms. The van der Waals surface area contributed by atoms with E-state index in [1.165, 1.54) is 22.8 Å². The summed E-state index contributed by atoms with van der Waals surface area (Å²) in [5.41, 5.74) is 2.78. The Bertz CT molecular complexity index is 835. The molecular formula is C25H40O4Si. The van der Waals surface area contributed by atoms with Crippen LogP contribution in [0.5, 0.6) is 11.5 Å². The average molecular weight is 433 g/mol. The van der Waals surface area contributed by atoms with Crippen molar-refractivity contribution in [3.05, 3.63) is 34.9 Å². The van der Waals surface area contributed by atoms with Crippen molar-refractivity contribution >= 4 is 14.3 Å². The van der Waals surface area contributed by atoms with Crippen LogP contribution in [0.25, 0.3) is 0 Å². The Labute approximate surface area is 184 Å². The molecule has 1 aliphatic heterocycles. The topological polar surface area (TPSA) is 44.8 Å². The Morgan fingerprint density at radius 2 is 1.77 bits per heavy atom. The summed E-state index contributed by atoms with van der Waals surface area (Å²) < 4.78 is 18.2. The molecule has 1 unspecified atom stereocenters. The first-order chi connectivity index (χ1) is 13.5. The van der Waals surface area contributed by atoms with Gasteiger partial charge in [-0.25, -0.2) is 4.79 Å². The zero-order valence-corrected chi connectivity index (χ0v) is 21.8. The zero-order valence-electron chi connectivity index (χ0n) is 20.8. The van der Waals surface area contributed by atoms with Crippen molar-refractivity contribution in [1.29, 1.82) is 0 Å². The molecule has 0 saturated heterocycles. The van der Waals surface area contributed by atoms with Gasteiger partial charge in [0.05, 0.1) is 6.61 Å². The molecule has 2 rings (SSSR count). The SMILES string of the molecule is CCOC(=O)/C=C/C1(C)Cc2c(cc(C(C)(C)C)c(O[Si](C)(C)C)c2C(C)(C)C)O1. The lowest BCUT2D eigenvalue weighted by Gasteiger charge is -2.34. The molecule has 0 aliphatic carbocycles. The molecule has 1 aromatic carbocycles. The zero-order chi connectivity index (χ0) is 23.1. The average Bonchev–Trinajstić information content (AvgIpc) is 2.85. The fraction of sp³-hybridized carbons (Fsp3) is 0.640. The Kier molecular flexibility index (Phi) is 6.59. The van der Waals surface area contributed by atoms with E-state index in [0.717, 1.165) is 11.5 Å². The van der Waals surface area contributed by atoms with E-state index in [2.05, 4.69) is 67.2 Å². The summed E-state index contributed by atoms with van der Waals surface area (Å²) in [7, 11) is -1.84. The molecule has 1 heterocycles. The number of benzene rings is 1. The third-order valence-corrected chi connectivity index (χ3v) is 5.86. The van der Waals surface area contributed by atoms with Gasteiger partial charge in [0.1, 0.15) is 17.1 Å². The Hall–Kier alpha value is -1.75. The molecule has 0 N–H and O–H groups in total.